The number of carbonyl (C=O) groups is 2. The standard InChI is InChI=1S/C19H23N3O3/c1-15(20-18(23)17-8-5-13-25-17)19(24)22-11-9-21(10-12-22)14-16-6-3-2-4-7-16/h2-8,13,15H,9-12,14H2,1H3,(H,20,23)/t15-/m1/s1. The van der Waals surface area contributed by atoms with Gasteiger partial charge in [0.2, 0.25) is 5.91 Å². The van der Waals surface area contributed by atoms with Gasteiger partial charge in [-0.15, -0.1) is 0 Å². The summed E-state index contributed by atoms with van der Waals surface area (Å²) in [5, 5.41) is 2.69. The highest BCUT2D eigenvalue weighted by molar-refractivity contribution is 5.95. The van der Waals surface area contributed by atoms with Gasteiger partial charge in [0.05, 0.1) is 6.26 Å². The minimum Gasteiger partial charge on any atom is -0.459 e. The average molecular weight is 341 g/mol. The smallest absolute Gasteiger partial charge is 0.287 e. The lowest BCUT2D eigenvalue weighted by Crippen LogP contribution is -2.53. The van der Waals surface area contributed by atoms with Gasteiger partial charge in [0.1, 0.15) is 6.04 Å². The van der Waals surface area contributed by atoms with Gasteiger partial charge in [-0.3, -0.25) is 14.5 Å². The summed E-state index contributed by atoms with van der Waals surface area (Å²) in [6, 6.07) is 13.0. The van der Waals surface area contributed by atoms with E-state index in [0.29, 0.717) is 13.1 Å². The van der Waals surface area contributed by atoms with Crippen LogP contribution in [0.5, 0.6) is 0 Å². The third-order valence-electron chi connectivity index (χ3n) is 4.40. The van der Waals surface area contributed by atoms with Gasteiger partial charge >= 0.3 is 0 Å². The molecule has 1 aliphatic heterocycles. The summed E-state index contributed by atoms with van der Waals surface area (Å²) in [5.74, 6) is -0.208. The first-order chi connectivity index (χ1) is 12.1. The largest absolute Gasteiger partial charge is 0.459 e. The Hall–Kier alpha value is -2.60. The molecule has 3 rings (SSSR count). The van der Waals surface area contributed by atoms with E-state index < -0.39 is 6.04 Å². The van der Waals surface area contributed by atoms with Gasteiger partial charge in [0.25, 0.3) is 5.91 Å². The summed E-state index contributed by atoms with van der Waals surface area (Å²) in [7, 11) is 0. The second-order valence-electron chi connectivity index (χ2n) is 6.26. The van der Waals surface area contributed by atoms with Crippen molar-refractivity contribution in [1.82, 2.24) is 15.1 Å². The highest BCUT2D eigenvalue weighted by Gasteiger charge is 2.26. The van der Waals surface area contributed by atoms with Crippen molar-refractivity contribution in [2.75, 3.05) is 26.2 Å². The van der Waals surface area contributed by atoms with Gasteiger partial charge in [0, 0.05) is 32.7 Å². The number of furan rings is 1. The number of amides is 2. The molecule has 2 heterocycles. The molecule has 1 saturated heterocycles. The molecule has 0 saturated carbocycles. The molecule has 0 unspecified atom stereocenters. The highest BCUT2D eigenvalue weighted by atomic mass is 16.3. The zero-order valence-corrected chi connectivity index (χ0v) is 14.4. The molecule has 1 aliphatic rings. The summed E-state index contributed by atoms with van der Waals surface area (Å²) >= 11 is 0. The second kappa shape index (κ2) is 7.98. The number of rotatable bonds is 5. The van der Waals surface area contributed by atoms with E-state index in [1.54, 1.807) is 19.1 Å². The van der Waals surface area contributed by atoms with E-state index in [0.717, 1.165) is 19.6 Å². The first-order valence-corrected chi connectivity index (χ1v) is 8.53. The predicted molar refractivity (Wildman–Crippen MR) is 93.9 cm³/mol. The van der Waals surface area contributed by atoms with Crippen molar-refractivity contribution in [2.24, 2.45) is 0 Å². The molecule has 1 N–H and O–H groups in total. The topological polar surface area (TPSA) is 65.8 Å². The maximum absolute atomic E-state index is 12.5. The van der Waals surface area contributed by atoms with Crippen LogP contribution in [0.2, 0.25) is 0 Å². The fraction of sp³-hybridized carbons (Fsp3) is 0.368. The van der Waals surface area contributed by atoms with Crippen LogP contribution < -0.4 is 5.32 Å². The Morgan fingerprint density at radius 1 is 1.08 bits per heavy atom. The van der Waals surface area contributed by atoms with E-state index in [-0.39, 0.29) is 17.6 Å². The first kappa shape index (κ1) is 17.2. The Morgan fingerprint density at radius 3 is 2.44 bits per heavy atom. The van der Waals surface area contributed by atoms with Crippen LogP contribution in [0.3, 0.4) is 0 Å². The lowest BCUT2D eigenvalue weighted by molar-refractivity contribution is -0.134. The van der Waals surface area contributed by atoms with E-state index >= 15 is 0 Å². The normalized spacial score (nSPS) is 16.4. The molecule has 132 valence electrons. The quantitative estimate of drug-likeness (QED) is 0.900. The van der Waals surface area contributed by atoms with Crippen molar-refractivity contribution in [3.8, 4) is 0 Å². The Bertz CT molecular complexity index is 692. The van der Waals surface area contributed by atoms with Crippen LogP contribution in [0.1, 0.15) is 23.0 Å². The maximum Gasteiger partial charge on any atom is 0.287 e. The fourth-order valence-electron chi connectivity index (χ4n) is 2.98. The summed E-state index contributed by atoms with van der Waals surface area (Å²) in [5.41, 5.74) is 1.28. The van der Waals surface area contributed by atoms with Crippen molar-refractivity contribution in [3.05, 3.63) is 60.1 Å². The van der Waals surface area contributed by atoms with Crippen LogP contribution in [0, 0.1) is 0 Å². The number of carbonyl (C=O) groups excluding carboxylic acids is 2. The number of nitrogens with one attached hydrogen (secondary N) is 1. The van der Waals surface area contributed by atoms with Crippen molar-refractivity contribution in [3.63, 3.8) is 0 Å². The average Bonchev–Trinajstić information content (AvgIpc) is 3.17. The summed E-state index contributed by atoms with van der Waals surface area (Å²) in [6.07, 6.45) is 1.44. The lowest BCUT2D eigenvalue weighted by Gasteiger charge is -2.36. The molecule has 2 aromatic rings. The summed E-state index contributed by atoms with van der Waals surface area (Å²) in [4.78, 5) is 28.7. The molecule has 1 fully saturated rings. The Morgan fingerprint density at radius 2 is 1.80 bits per heavy atom. The van der Waals surface area contributed by atoms with Crippen molar-refractivity contribution in [2.45, 2.75) is 19.5 Å². The molecule has 1 aromatic heterocycles. The van der Waals surface area contributed by atoms with E-state index in [2.05, 4.69) is 22.3 Å². The summed E-state index contributed by atoms with van der Waals surface area (Å²) < 4.78 is 5.05. The Labute approximate surface area is 147 Å². The maximum atomic E-state index is 12.5. The van der Waals surface area contributed by atoms with Gasteiger partial charge in [-0.25, -0.2) is 0 Å². The van der Waals surface area contributed by atoms with Crippen molar-refractivity contribution < 1.29 is 14.0 Å². The van der Waals surface area contributed by atoms with Crippen LogP contribution in [-0.2, 0) is 11.3 Å². The molecule has 0 aliphatic carbocycles. The van der Waals surface area contributed by atoms with Crippen LogP contribution in [0.25, 0.3) is 0 Å². The predicted octanol–water partition coefficient (Wildman–Crippen LogP) is 1.74. The van der Waals surface area contributed by atoms with Gasteiger partial charge in [-0.05, 0) is 24.6 Å². The van der Waals surface area contributed by atoms with E-state index in [1.807, 2.05) is 23.1 Å². The molecule has 2 amide bonds. The third kappa shape index (κ3) is 4.48. The van der Waals surface area contributed by atoms with Crippen molar-refractivity contribution >= 4 is 11.8 Å². The number of hydrogen-bond donors (Lipinski definition) is 1. The molecule has 0 bridgehead atoms. The van der Waals surface area contributed by atoms with E-state index in [1.165, 1.54) is 11.8 Å². The molecule has 1 atom stereocenters. The molecular weight excluding hydrogens is 318 g/mol. The third-order valence-corrected chi connectivity index (χ3v) is 4.40. The van der Waals surface area contributed by atoms with Gasteiger partial charge < -0.3 is 14.6 Å². The first-order valence-electron chi connectivity index (χ1n) is 8.53. The van der Waals surface area contributed by atoms with Crippen LogP contribution in [-0.4, -0.2) is 53.8 Å². The SMILES string of the molecule is C[C@@H](NC(=O)c1ccco1)C(=O)N1CCN(Cc2ccccc2)CC1. The van der Waals surface area contributed by atoms with E-state index in [9.17, 15) is 9.59 Å². The fourth-order valence-corrected chi connectivity index (χ4v) is 2.98. The molecule has 1 aromatic carbocycles. The monoisotopic (exact) mass is 341 g/mol. The molecule has 25 heavy (non-hydrogen) atoms. The van der Waals surface area contributed by atoms with Crippen molar-refractivity contribution in [1.29, 1.82) is 0 Å². The second-order valence-corrected chi connectivity index (χ2v) is 6.26. The van der Waals surface area contributed by atoms with Crippen LogP contribution in [0.4, 0.5) is 0 Å². The number of piperazine rings is 1. The van der Waals surface area contributed by atoms with E-state index in [4.69, 9.17) is 4.42 Å². The highest BCUT2D eigenvalue weighted by Crippen LogP contribution is 2.10. The zero-order valence-electron chi connectivity index (χ0n) is 14.4. The minimum atomic E-state index is -0.571. The Balaban J connectivity index is 1.47. The molecule has 0 spiro atoms. The lowest BCUT2D eigenvalue weighted by atomic mass is 10.2. The van der Waals surface area contributed by atoms with Crippen LogP contribution >= 0.6 is 0 Å². The Kier molecular flexibility index (Phi) is 5.50. The number of hydrogen-bond acceptors (Lipinski definition) is 4. The molecule has 0 radical (unpaired) electrons. The number of benzene rings is 1. The molecule has 6 heteroatoms. The molecule has 6 nitrogen and oxygen atoms in total. The van der Waals surface area contributed by atoms with Crippen LogP contribution in [0.15, 0.2) is 53.1 Å². The minimum absolute atomic E-state index is 0.0562. The molecular formula is C19H23N3O3. The van der Waals surface area contributed by atoms with Gasteiger partial charge in [-0.2, -0.15) is 0 Å². The van der Waals surface area contributed by atoms with Gasteiger partial charge in [0.15, 0.2) is 5.76 Å². The zero-order chi connectivity index (χ0) is 17.6. The number of nitrogens with zero attached hydrogens (tertiary/aromatic N) is 2. The van der Waals surface area contributed by atoms with Gasteiger partial charge in [-0.1, -0.05) is 30.3 Å². The summed E-state index contributed by atoms with van der Waals surface area (Å²) in [6.45, 7) is 5.62.